The molecule has 0 N–H and O–H groups in total. The number of hydrogen-bond donors (Lipinski definition) is 0. The molecule has 4 nitrogen and oxygen atoms in total. The molecule has 0 bridgehead atoms. The second kappa shape index (κ2) is 4.58. The van der Waals surface area contributed by atoms with Crippen molar-refractivity contribution in [2.45, 2.75) is 18.9 Å². The highest BCUT2D eigenvalue weighted by Crippen LogP contribution is 2.27. The minimum Gasteiger partial charge on any atom is -0.327 e. The maximum absolute atomic E-state index is 4.47. The average molecular weight is 248 g/mol. The Morgan fingerprint density at radius 1 is 1.47 bits per heavy atom. The summed E-state index contributed by atoms with van der Waals surface area (Å²) in [5.74, 6) is 1.05. The van der Waals surface area contributed by atoms with E-state index in [-0.39, 0.29) is 0 Å². The van der Waals surface area contributed by atoms with Crippen molar-refractivity contribution in [1.82, 2.24) is 18.8 Å². The molecule has 2 aromatic heterocycles. The Balaban J connectivity index is 1.91. The third-order valence-corrected chi connectivity index (χ3v) is 3.94. The van der Waals surface area contributed by atoms with Gasteiger partial charge in [-0.3, -0.25) is 0 Å². The van der Waals surface area contributed by atoms with Crippen molar-refractivity contribution in [2.75, 3.05) is 20.1 Å². The first-order chi connectivity index (χ1) is 8.34. The van der Waals surface area contributed by atoms with Crippen molar-refractivity contribution in [3.8, 4) is 11.4 Å². The lowest BCUT2D eigenvalue weighted by Crippen LogP contribution is -2.33. The number of aromatic nitrogens is 3. The van der Waals surface area contributed by atoms with Crippen molar-refractivity contribution in [2.24, 2.45) is 0 Å². The van der Waals surface area contributed by atoms with Crippen molar-refractivity contribution in [3.05, 3.63) is 24.0 Å². The first-order valence-corrected chi connectivity index (χ1v) is 6.79. The lowest BCUT2D eigenvalue weighted by Gasteiger charge is -2.31. The van der Waals surface area contributed by atoms with Gasteiger partial charge in [0.1, 0.15) is 5.82 Å². The Labute approximate surface area is 105 Å². The Bertz CT molecular complexity index is 476. The predicted molar refractivity (Wildman–Crippen MR) is 69.1 cm³/mol. The summed E-state index contributed by atoms with van der Waals surface area (Å²) in [6, 6.07) is 0.547. The van der Waals surface area contributed by atoms with Crippen LogP contribution in [0.15, 0.2) is 24.0 Å². The molecule has 3 heterocycles. The molecule has 2 aromatic rings. The van der Waals surface area contributed by atoms with Crippen molar-refractivity contribution >= 4 is 11.5 Å². The van der Waals surface area contributed by atoms with Gasteiger partial charge >= 0.3 is 0 Å². The van der Waals surface area contributed by atoms with E-state index in [2.05, 4.69) is 37.4 Å². The predicted octanol–water partition coefficient (Wildman–Crippen LogP) is 2.27. The number of likely N-dealkylation sites (tertiary alicyclic amines) is 1. The largest absolute Gasteiger partial charge is 0.327 e. The van der Waals surface area contributed by atoms with Crippen LogP contribution in [0.3, 0.4) is 0 Å². The molecule has 0 spiro atoms. The van der Waals surface area contributed by atoms with Crippen LogP contribution < -0.4 is 0 Å². The Kier molecular flexibility index (Phi) is 2.94. The highest BCUT2D eigenvalue weighted by molar-refractivity contribution is 7.03. The van der Waals surface area contributed by atoms with Gasteiger partial charge < -0.3 is 9.47 Å². The van der Waals surface area contributed by atoms with E-state index in [0.29, 0.717) is 6.04 Å². The van der Waals surface area contributed by atoms with Crippen LogP contribution in [-0.4, -0.2) is 39.0 Å². The summed E-state index contributed by atoms with van der Waals surface area (Å²) in [6.07, 6.45) is 8.39. The molecule has 0 radical (unpaired) electrons. The van der Waals surface area contributed by atoms with E-state index in [1.165, 1.54) is 30.9 Å². The molecular weight excluding hydrogens is 232 g/mol. The minimum absolute atomic E-state index is 0.547. The summed E-state index contributed by atoms with van der Waals surface area (Å²) in [5.41, 5.74) is 1.13. The number of rotatable bonds is 2. The first-order valence-electron chi connectivity index (χ1n) is 5.96. The van der Waals surface area contributed by atoms with E-state index in [4.69, 9.17) is 0 Å². The van der Waals surface area contributed by atoms with Crippen molar-refractivity contribution in [3.63, 3.8) is 0 Å². The van der Waals surface area contributed by atoms with E-state index >= 15 is 0 Å². The van der Waals surface area contributed by atoms with Crippen molar-refractivity contribution < 1.29 is 0 Å². The monoisotopic (exact) mass is 248 g/mol. The van der Waals surface area contributed by atoms with Crippen LogP contribution in [-0.2, 0) is 0 Å². The quantitative estimate of drug-likeness (QED) is 0.817. The van der Waals surface area contributed by atoms with E-state index in [0.717, 1.165) is 17.9 Å². The summed E-state index contributed by atoms with van der Waals surface area (Å²) in [6.45, 7) is 2.32. The molecule has 5 heteroatoms. The topological polar surface area (TPSA) is 34.0 Å². The fraction of sp³-hybridized carbons (Fsp3) is 0.500. The lowest BCUT2D eigenvalue weighted by molar-refractivity contribution is 0.213. The van der Waals surface area contributed by atoms with Gasteiger partial charge in [-0.25, -0.2) is 9.36 Å². The maximum atomic E-state index is 4.47. The summed E-state index contributed by atoms with van der Waals surface area (Å²) >= 11 is 1.48. The highest BCUT2D eigenvalue weighted by atomic mass is 32.1. The van der Waals surface area contributed by atoms with Crippen LogP contribution in [0.1, 0.15) is 18.9 Å². The lowest BCUT2D eigenvalue weighted by atomic mass is 10.1. The molecule has 0 amide bonds. The zero-order chi connectivity index (χ0) is 11.7. The molecule has 1 unspecified atom stereocenters. The zero-order valence-corrected chi connectivity index (χ0v) is 10.7. The number of piperidine rings is 1. The van der Waals surface area contributed by atoms with E-state index < -0.39 is 0 Å². The summed E-state index contributed by atoms with van der Waals surface area (Å²) in [5, 5.41) is 2.06. The Morgan fingerprint density at radius 3 is 3.18 bits per heavy atom. The van der Waals surface area contributed by atoms with Gasteiger partial charge in [0.05, 0.1) is 6.20 Å². The molecule has 1 aliphatic heterocycles. The minimum atomic E-state index is 0.547. The third kappa shape index (κ3) is 2.12. The number of nitrogens with zero attached hydrogens (tertiary/aromatic N) is 4. The second-order valence-electron chi connectivity index (χ2n) is 4.63. The van der Waals surface area contributed by atoms with Crippen LogP contribution in [0.25, 0.3) is 11.4 Å². The van der Waals surface area contributed by atoms with Gasteiger partial charge in [0, 0.05) is 35.9 Å². The molecule has 0 aromatic carbocycles. The van der Waals surface area contributed by atoms with Gasteiger partial charge in [0.25, 0.3) is 0 Å². The van der Waals surface area contributed by atoms with Crippen LogP contribution in [0.5, 0.6) is 0 Å². The van der Waals surface area contributed by atoms with Gasteiger partial charge in [-0.1, -0.05) is 0 Å². The zero-order valence-electron chi connectivity index (χ0n) is 9.91. The Hall–Kier alpha value is -1.20. The van der Waals surface area contributed by atoms with Gasteiger partial charge in [-0.2, -0.15) is 0 Å². The maximum Gasteiger partial charge on any atom is 0.142 e. The number of likely N-dealkylation sites (N-methyl/N-ethyl adjacent to an activating group) is 1. The first kappa shape index (κ1) is 10.9. The summed E-state index contributed by atoms with van der Waals surface area (Å²) < 4.78 is 6.46. The van der Waals surface area contributed by atoms with E-state index in [1.807, 2.05) is 12.4 Å². The Morgan fingerprint density at radius 2 is 2.41 bits per heavy atom. The standard InChI is InChI=1S/C12H16N4S/c1-15-5-2-3-11(8-15)16-6-4-13-12(16)10-7-14-17-9-10/h4,6-7,9,11H,2-3,5,8H2,1H3. The van der Waals surface area contributed by atoms with E-state index in [9.17, 15) is 0 Å². The fourth-order valence-electron chi connectivity index (χ4n) is 2.51. The van der Waals surface area contributed by atoms with Crippen molar-refractivity contribution in [1.29, 1.82) is 0 Å². The number of imidazole rings is 1. The van der Waals surface area contributed by atoms with Crippen LogP contribution in [0, 0.1) is 0 Å². The molecule has 17 heavy (non-hydrogen) atoms. The van der Waals surface area contributed by atoms with Gasteiger partial charge in [-0.15, -0.1) is 0 Å². The van der Waals surface area contributed by atoms with E-state index in [1.54, 1.807) is 0 Å². The molecule has 1 fully saturated rings. The molecule has 1 saturated heterocycles. The third-order valence-electron chi connectivity index (χ3n) is 3.35. The molecule has 0 saturated carbocycles. The van der Waals surface area contributed by atoms with Crippen LogP contribution in [0.2, 0.25) is 0 Å². The highest BCUT2D eigenvalue weighted by Gasteiger charge is 2.21. The summed E-state index contributed by atoms with van der Waals surface area (Å²) in [7, 11) is 2.19. The van der Waals surface area contributed by atoms with Gasteiger partial charge in [0.15, 0.2) is 0 Å². The van der Waals surface area contributed by atoms with Gasteiger partial charge in [-0.05, 0) is 38.0 Å². The molecule has 0 aliphatic carbocycles. The average Bonchev–Trinajstić information content (AvgIpc) is 3.00. The molecule has 3 rings (SSSR count). The fourth-order valence-corrected chi connectivity index (χ4v) is 3.03. The normalized spacial score (nSPS) is 21.8. The van der Waals surface area contributed by atoms with Crippen LogP contribution in [0.4, 0.5) is 0 Å². The van der Waals surface area contributed by atoms with Gasteiger partial charge in [0.2, 0.25) is 0 Å². The summed E-state index contributed by atoms with van der Waals surface area (Å²) in [4.78, 5) is 6.86. The smallest absolute Gasteiger partial charge is 0.142 e. The molecule has 1 atom stereocenters. The number of hydrogen-bond acceptors (Lipinski definition) is 4. The van der Waals surface area contributed by atoms with Crippen LogP contribution >= 0.6 is 11.5 Å². The molecule has 90 valence electrons. The SMILES string of the molecule is CN1CCCC(n2ccnc2-c2cnsc2)C1. The molecule has 1 aliphatic rings. The second-order valence-corrected chi connectivity index (χ2v) is 5.29. The molecular formula is C12H16N4S.